The fourth-order valence-electron chi connectivity index (χ4n) is 1.69. The molecule has 3 rings (SSSR count). The lowest BCUT2D eigenvalue weighted by atomic mass is 10.1. The molecule has 0 atom stereocenters. The van der Waals surface area contributed by atoms with Crippen molar-refractivity contribution in [1.82, 2.24) is 9.97 Å². The minimum absolute atomic E-state index is 0.341. The molecule has 0 saturated heterocycles. The van der Waals surface area contributed by atoms with Crippen molar-refractivity contribution >= 4 is 26.7 Å². The lowest BCUT2D eigenvalue weighted by Crippen LogP contribution is -1.90. The summed E-state index contributed by atoms with van der Waals surface area (Å²) in [5, 5.41) is 2.31. The Bertz CT molecular complexity index is 683. The minimum Gasteiger partial charge on any atom is -0.424 e. The largest absolute Gasteiger partial charge is 0.424 e. The van der Waals surface area contributed by atoms with Gasteiger partial charge in [-0.25, -0.2) is 9.97 Å². The summed E-state index contributed by atoms with van der Waals surface area (Å²) in [6.45, 7) is 0. The molecule has 0 fully saturated rings. The third-order valence-electron chi connectivity index (χ3n) is 2.53. The van der Waals surface area contributed by atoms with Gasteiger partial charge in [0.05, 0.1) is 4.47 Å². The van der Waals surface area contributed by atoms with Gasteiger partial charge in [0, 0.05) is 12.4 Å². The van der Waals surface area contributed by atoms with Crippen molar-refractivity contribution in [2.75, 3.05) is 0 Å². The maximum atomic E-state index is 5.60. The first-order chi connectivity index (χ1) is 8.81. The zero-order chi connectivity index (χ0) is 12.4. The summed E-state index contributed by atoms with van der Waals surface area (Å²) in [7, 11) is 0. The van der Waals surface area contributed by atoms with Crippen LogP contribution in [0.3, 0.4) is 0 Å². The molecule has 2 aromatic carbocycles. The summed E-state index contributed by atoms with van der Waals surface area (Å²) in [6.07, 6.45) is 3.31. The van der Waals surface area contributed by atoms with Crippen LogP contribution in [0.4, 0.5) is 0 Å². The molecule has 0 bridgehead atoms. The molecule has 3 nitrogen and oxygen atoms in total. The molecule has 1 aromatic heterocycles. The SMILES string of the molecule is Brc1cnc(Oc2ccc3ccccc3c2)nc1. The minimum atomic E-state index is 0.341. The van der Waals surface area contributed by atoms with E-state index in [-0.39, 0.29) is 0 Å². The Labute approximate surface area is 113 Å². The van der Waals surface area contributed by atoms with Crippen LogP contribution in [0.5, 0.6) is 11.8 Å². The van der Waals surface area contributed by atoms with Gasteiger partial charge in [0.25, 0.3) is 0 Å². The normalized spacial score (nSPS) is 10.5. The Hall–Kier alpha value is -1.94. The summed E-state index contributed by atoms with van der Waals surface area (Å²) < 4.78 is 6.43. The van der Waals surface area contributed by atoms with Crippen molar-refractivity contribution < 1.29 is 4.74 Å². The van der Waals surface area contributed by atoms with Gasteiger partial charge in [-0.3, -0.25) is 0 Å². The van der Waals surface area contributed by atoms with E-state index in [0.717, 1.165) is 15.6 Å². The summed E-state index contributed by atoms with van der Waals surface area (Å²) in [6, 6.07) is 14.4. The monoisotopic (exact) mass is 300 g/mol. The molecule has 0 saturated carbocycles. The molecule has 0 radical (unpaired) electrons. The summed E-state index contributed by atoms with van der Waals surface area (Å²) in [5.74, 6) is 0.732. The van der Waals surface area contributed by atoms with Crippen molar-refractivity contribution in [3.8, 4) is 11.8 Å². The van der Waals surface area contributed by atoms with E-state index in [2.05, 4.69) is 32.0 Å². The highest BCUT2D eigenvalue weighted by Crippen LogP contribution is 2.23. The van der Waals surface area contributed by atoms with Crippen LogP contribution in [0.15, 0.2) is 59.3 Å². The molecule has 1 heterocycles. The lowest BCUT2D eigenvalue weighted by molar-refractivity contribution is 0.442. The Kier molecular flexibility index (Phi) is 2.94. The van der Waals surface area contributed by atoms with Crippen molar-refractivity contribution in [2.45, 2.75) is 0 Å². The highest BCUT2D eigenvalue weighted by atomic mass is 79.9. The molecule has 0 aliphatic rings. The number of nitrogens with zero attached hydrogens (tertiary/aromatic N) is 2. The molecule has 0 unspecified atom stereocenters. The van der Waals surface area contributed by atoms with Crippen LogP contribution in [0, 0.1) is 0 Å². The quantitative estimate of drug-likeness (QED) is 0.712. The van der Waals surface area contributed by atoms with E-state index in [1.807, 2.05) is 36.4 Å². The van der Waals surface area contributed by atoms with E-state index in [1.165, 1.54) is 5.39 Å². The Balaban J connectivity index is 1.92. The van der Waals surface area contributed by atoms with Crippen LogP contribution in [0.25, 0.3) is 10.8 Å². The molecular formula is C14H9BrN2O. The predicted molar refractivity (Wildman–Crippen MR) is 73.8 cm³/mol. The van der Waals surface area contributed by atoms with Gasteiger partial charge < -0.3 is 4.74 Å². The fourth-order valence-corrected chi connectivity index (χ4v) is 1.89. The Morgan fingerprint density at radius 2 is 1.61 bits per heavy atom. The van der Waals surface area contributed by atoms with Gasteiger partial charge in [0.15, 0.2) is 0 Å². The molecule has 0 aliphatic heterocycles. The zero-order valence-electron chi connectivity index (χ0n) is 9.38. The Morgan fingerprint density at radius 3 is 2.39 bits per heavy atom. The van der Waals surface area contributed by atoms with Gasteiger partial charge in [-0.2, -0.15) is 0 Å². The van der Waals surface area contributed by atoms with E-state index >= 15 is 0 Å². The first-order valence-corrected chi connectivity index (χ1v) is 6.25. The summed E-state index contributed by atoms with van der Waals surface area (Å²) >= 11 is 3.28. The second kappa shape index (κ2) is 4.74. The Morgan fingerprint density at radius 1 is 0.889 bits per heavy atom. The molecular weight excluding hydrogens is 292 g/mol. The summed E-state index contributed by atoms with van der Waals surface area (Å²) in [5.41, 5.74) is 0. The van der Waals surface area contributed by atoms with Crippen molar-refractivity contribution in [1.29, 1.82) is 0 Å². The first kappa shape index (κ1) is 11.2. The maximum absolute atomic E-state index is 5.60. The van der Waals surface area contributed by atoms with Crippen molar-refractivity contribution in [3.05, 3.63) is 59.3 Å². The van der Waals surface area contributed by atoms with Gasteiger partial charge in [-0.15, -0.1) is 0 Å². The number of rotatable bonds is 2. The van der Waals surface area contributed by atoms with Crippen molar-refractivity contribution in [3.63, 3.8) is 0 Å². The number of hydrogen-bond donors (Lipinski definition) is 0. The molecule has 0 amide bonds. The molecule has 0 N–H and O–H groups in total. The van der Waals surface area contributed by atoms with Crippen LogP contribution >= 0.6 is 15.9 Å². The third-order valence-corrected chi connectivity index (χ3v) is 2.94. The molecule has 4 heteroatoms. The molecule has 18 heavy (non-hydrogen) atoms. The van der Waals surface area contributed by atoms with E-state index in [4.69, 9.17) is 4.74 Å². The zero-order valence-corrected chi connectivity index (χ0v) is 11.0. The number of fused-ring (bicyclic) bond motifs is 1. The van der Waals surface area contributed by atoms with Crippen LogP contribution in [-0.4, -0.2) is 9.97 Å². The highest BCUT2D eigenvalue weighted by Gasteiger charge is 2.01. The van der Waals surface area contributed by atoms with Gasteiger partial charge in [-0.1, -0.05) is 30.3 Å². The number of aromatic nitrogens is 2. The van der Waals surface area contributed by atoms with E-state index in [0.29, 0.717) is 6.01 Å². The molecule has 88 valence electrons. The van der Waals surface area contributed by atoms with Crippen LogP contribution < -0.4 is 4.74 Å². The van der Waals surface area contributed by atoms with Gasteiger partial charge in [0.2, 0.25) is 0 Å². The average Bonchev–Trinajstić information content (AvgIpc) is 2.41. The van der Waals surface area contributed by atoms with Gasteiger partial charge in [-0.05, 0) is 38.8 Å². The van der Waals surface area contributed by atoms with Gasteiger partial charge >= 0.3 is 6.01 Å². The van der Waals surface area contributed by atoms with E-state index < -0.39 is 0 Å². The molecule has 3 aromatic rings. The third kappa shape index (κ3) is 2.33. The summed E-state index contributed by atoms with van der Waals surface area (Å²) in [4.78, 5) is 8.15. The first-order valence-electron chi connectivity index (χ1n) is 5.45. The molecule has 0 aliphatic carbocycles. The second-order valence-corrected chi connectivity index (χ2v) is 4.71. The second-order valence-electron chi connectivity index (χ2n) is 3.79. The number of halogens is 1. The van der Waals surface area contributed by atoms with E-state index in [1.54, 1.807) is 12.4 Å². The number of hydrogen-bond acceptors (Lipinski definition) is 3. The number of benzene rings is 2. The van der Waals surface area contributed by atoms with Crippen molar-refractivity contribution in [2.24, 2.45) is 0 Å². The fraction of sp³-hybridized carbons (Fsp3) is 0. The van der Waals surface area contributed by atoms with Crippen LogP contribution in [-0.2, 0) is 0 Å². The lowest BCUT2D eigenvalue weighted by Gasteiger charge is -2.04. The smallest absolute Gasteiger partial charge is 0.321 e. The van der Waals surface area contributed by atoms with Gasteiger partial charge in [0.1, 0.15) is 5.75 Å². The van der Waals surface area contributed by atoms with E-state index in [9.17, 15) is 0 Å². The maximum Gasteiger partial charge on any atom is 0.321 e. The van der Waals surface area contributed by atoms with Crippen LogP contribution in [0.1, 0.15) is 0 Å². The average molecular weight is 301 g/mol. The highest BCUT2D eigenvalue weighted by molar-refractivity contribution is 9.10. The predicted octanol–water partition coefficient (Wildman–Crippen LogP) is 4.18. The topological polar surface area (TPSA) is 35.0 Å². The molecule has 0 spiro atoms. The standard InChI is InChI=1S/C14H9BrN2O/c15-12-8-16-14(17-9-12)18-13-6-5-10-3-1-2-4-11(10)7-13/h1-9H. The number of ether oxygens (including phenoxy) is 1. The van der Waals surface area contributed by atoms with Crippen LogP contribution in [0.2, 0.25) is 0 Å².